The molecule has 0 aliphatic carbocycles. The van der Waals surface area contributed by atoms with Crippen molar-refractivity contribution in [2.24, 2.45) is 5.92 Å². The molecule has 24 heavy (non-hydrogen) atoms. The molecule has 1 amide bonds. The van der Waals surface area contributed by atoms with Crippen molar-refractivity contribution in [2.45, 2.75) is 25.9 Å². The molecule has 0 radical (unpaired) electrons. The van der Waals surface area contributed by atoms with E-state index in [1.807, 2.05) is 16.0 Å². The van der Waals surface area contributed by atoms with E-state index in [0.29, 0.717) is 32.0 Å². The van der Waals surface area contributed by atoms with Gasteiger partial charge in [-0.3, -0.25) is 4.79 Å². The largest absolute Gasteiger partial charge is 0.342 e. The zero-order valence-electron chi connectivity index (χ0n) is 13.3. The third kappa shape index (κ3) is 2.95. The SMILES string of the molecule is O=C1CCCN1C[C@@H]1CN(c2ncc(F)cn2)Cc2nccn2C1. The average molecular weight is 330 g/mol. The predicted octanol–water partition coefficient (Wildman–Crippen LogP) is 1.07. The highest BCUT2D eigenvalue weighted by Crippen LogP contribution is 2.21. The van der Waals surface area contributed by atoms with E-state index < -0.39 is 5.82 Å². The van der Waals surface area contributed by atoms with Crippen LogP contribution in [-0.4, -0.2) is 50.0 Å². The van der Waals surface area contributed by atoms with Crippen molar-refractivity contribution < 1.29 is 9.18 Å². The van der Waals surface area contributed by atoms with E-state index in [2.05, 4.69) is 19.5 Å². The van der Waals surface area contributed by atoms with Gasteiger partial charge in [0.15, 0.2) is 5.82 Å². The van der Waals surface area contributed by atoms with Crippen LogP contribution >= 0.6 is 0 Å². The number of halogens is 1. The summed E-state index contributed by atoms with van der Waals surface area (Å²) < 4.78 is 15.2. The van der Waals surface area contributed by atoms with E-state index in [1.165, 1.54) is 12.4 Å². The molecule has 7 nitrogen and oxygen atoms in total. The lowest BCUT2D eigenvalue weighted by Crippen LogP contribution is -2.37. The molecule has 4 heterocycles. The summed E-state index contributed by atoms with van der Waals surface area (Å²) in [6, 6.07) is 0. The number of rotatable bonds is 3. The van der Waals surface area contributed by atoms with E-state index in [-0.39, 0.29) is 11.8 Å². The van der Waals surface area contributed by atoms with Gasteiger partial charge in [-0.1, -0.05) is 0 Å². The molecular weight excluding hydrogens is 311 g/mol. The monoisotopic (exact) mass is 330 g/mol. The number of carbonyl (C=O) groups is 1. The molecule has 1 atom stereocenters. The molecule has 0 saturated carbocycles. The van der Waals surface area contributed by atoms with Gasteiger partial charge in [0.25, 0.3) is 0 Å². The first-order valence-corrected chi connectivity index (χ1v) is 8.19. The van der Waals surface area contributed by atoms with Gasteiger partial charge >= 0.3 is 0 Å². The van der Waals surface area contributed by atoms with Crippen LogP contribution in [0.1, 0.15) is 18.7 Å². The van der Waals surface area contributed by atoms with Gasteiger partial charge in [-0.25, -0.2) is 19.3 Å². The summed E-state index contributed by atoms with van der Waals surface area (Å²) in [5, 5.41) is 0. The first-order chi connectivity index (χ1) is 11.7. The van der Waals surface area contributed by atoms with Gasteiger partial charge in [0, 0.05) is 50.9 Å². The highest BCUT2D eigenvalue weighted by molar-refractivity contribution is 5.78. The fourth-order valence-electron chi connectivity index (χ4n) is 3.49. The third-order valence-electron chi connectivity index (χ3n) is 4.61. The summed E-state index contributed by atoms with van der Waals surface area (Å²) in [7, 11) is 0. The van der Waals surface area contributed by atoms with Crippen molar-refractivity contribution in [1.29, 1.82) is 0 Å². The average Bonchev–Trinajstić information content (AvgIpc) is 3.13. The highest BCUT2D eigenvalue weighted by atomic mass is 19.1. The number of nitrogens with zero attached hydrogens (tertiary/aromatic N) is 6. The minimum Gasteiger partial charge on any atom is -0.342 e. The number of imidazole rings is 1. The number of likely N-dealkylation sites (tertiary alicyclic amines) is 1. The van der Waals surface area contributed by atoms with Crippen molar-refractivity contribution in [3.8, 4) is 0 Å². The molecule has 2 aliphatic rings. The number of hydrogen-bond donors (Lipinski definition) is 0. The van der Waals surface area contributed by atoms with Gasteiger partial charge in [0.05, 0.1) is 18.9 Å². The molecule has 1 fully saturated rings. The maximum atomic E-state index is 13.1. The summed E-state index contributed by atoms with van der Waals surface area (Å²) >= 11 is 0. The van der Waals surface area contributed by atoms with Crippen LogP contribution in [0.4, 0.5) is 10.3 Å². The van der Waals surface area contributed by atoms with Crippen molar-refractivity contribution in [3.05, 3.63) is 36.4 Å². The van der Waals surface area contributed by atoms with Crippen LogP contribution in [0.5, 0.6) is 0 Å². The molecule has 0 aromatic carbocycles. The summed E-state index contributed by atoms with van der Waals surface area (Å²) in [6.07, 6.45) is 7.68. The van der Waals surface area contributed by atoms with E-state index in [0.717, 1.165) is 25.3 Å². The summed E-state index contributed by atoms with van der Waals surface area (Å²) in [5.41, 5.74) is 0. The Morgan fingerprint density at radius 1 is 1.21 bits per heavy atom. The molecule has 2 aromatic heterocycles. The molecule has 2 aliphatic heterocycles. The topological polar surface area (TPSA) is 67.2 Å². The maximum Gasteiger partial charge on any atom is 0.225 e. The fraction of sp³-hybridized carbons (Fsp3) is 0.500. The summed E-state index contributed by atoms with van der Waals surface area (Å²) in [6.45, 7) is 3.63. The molecular formula is C16H19FN6O. The second-order valence-corrected chi connectivity index (χ2v) is 6.39. The molecule has 4 rings (SSSR count). The zero-order valence-corrected chi connectivity index (χ0v) is 13.3. The Morgan fingerprint density at radius 2 is 2.04 bits per heavy atom. The maximum absolute atomic E-state index is 13.1. The summed E-state index contributed by atoms with van der Waals surface area (Å²) in [5.74, 6) is 1.45. The Labute approximate surface area is 139 Å². The number of amides is 1. The second kappa shape index (κ2) is 6.18. The smallest absolute Gasteiger partial charge is 0.225 e. The van der Waals surface area contributed by atoms with Gasteiger partial charge < -0.3 is 14.4 Å². The van der Waals surface area contributed by atoms with Crippen LogP contribution in [0.15, 0.2) is 24.8 Å². The quantitative estimate of drug-likeness (QED) is 0.842. The van der Waals surface area contributed by atoms with Crippen LogP contribution in [-0.2, 0) is 17.9 Å². The normalized spacial score (nSPS) is 21.0. The lowest BCUT2D eigenvalue weighted by atomic mass is 10.1. The molecule has 0 N–H and O–H groups in total. The predicted molar refractivity (Wildman–Crippen MR) is 84.6 cm³/mol. The van der Waals surface area contributed by atoms with Crippen LogP contribution in [0.25, 0.3) is 0 Å². The fourth-order valence-corrected chi connectivity index (χ4v) is 3.49. The van der Waals surface area contributed by atoms with Gasteiger partial charge in [-0.05, 0) is 6.42 Å². The molecule has 0 bridgehead atoms. The van der Waals surface area contributed by atoms with Gasteiger partial charge in [0.2, 0.25) is 11.9 Å². The first-order valence-electron chi connectivity index (χ1n) is 8.19. The molecule has 1 saturated heterocycles. The van der Waals surface area contributed by atoms with E-state index in [1.54, 1.807) is 6.20 Å². The standard InChI is InChI=1S/C16H19FN6O/c17-13-6-19-16(20-7-13)23-10-12(9-22-4-1-2-15(22)24)8-21-5-3-18-14(21)11-23/h3,5-7,12H,1-2,4,8-11H2/t12-/m1/s1. The van der Waals surface area contributed by atoms with Crippen LogP contribution in [0, 0.1) is 11.7 Å². The van der Waals surface area contributed by atoms with Crippen LogP contribution < -0.4 is 4.90 Å². The summed E-state index contributed by atoms with van der Waals surface area (Å²) in [4.78, 5) is 28.5. The Kier molecular flexibility index (Phi) is 3.87. The molecule has 126 valence electrons. The van der Waals surface area contributed by atoms with E-state index in [4.69, 9.17) is 0 Å². The Hall–Kier alpha value is -2.51. The van der Waals surface area contributed by atoms with Crippen molar-refractivity contribution >= 4 is 11.9 Å². The van der Waals surface area contributed by atoms with E-state index in [9.17, 15) is 9.18 Å². The lowest BCUT2D eigenvalue weighted by molar-refractivity contribution is -0.128. The highest BCUT2D eigenvalue weighted by Gasteiger charge is 2.28. The van der Waals surface area contributed by atoms with Gasteiger partial charge in [0.1, 0.15) is 5.82 Å². The molecule has 8 heteroatoms. The number of fused-ring (bicyclic) bond motifs is 1. The van der Waals surface area contributed by atoms with E-state index >= 15 is 0 Å². The first kappa shape index (κ1) is 15.0. The minimum atomic E-state index is -0.450. The number of carbonyl (C=O) groups excluding carboxylic acids is 1. The van der Waals surface area contributed by atoms with Crippen LogP contribution in [0.3, 0.4) is 0 Å². The molecule has 0 unspecified atom stereocenters. The van der Waals surface area contributed by atoms with Crippen molar-refractivity contribution in [3.63, 3.8) is 0 Å². The minimum absolute atomic E-state index is 0.231. The third-order valence-corrected chi connectivity index (χ3v) is 4.61. The Balaban J connectivity index is 1.58. The molecule has 0 spiro atoms. The number of aromatic nitrogens is 4. The van der Waals surface area contributed by atoms with Gasteiger partial charge in [-0.2, -0.15) is 0 Å². The van der Waals surface area contributed by atoms with Crippen molar-refractivity contribution in [2.75, 3.05) is 24.5 Å². The van der Waals surface area contributed by atoms with Crippen molar-refractivity contribution in [1.82, 2.24) is 24.4 Å². The number of anilines is 1. The zero-order chi connectivity index (χ0) is 16.5. The molecule has 2 aromatic rings. The number of hydrogen-bond acceptors (Lipinski definition) is 5. The Morgan fingerprint density at radius 3 is 2.79 bits per heavy atom. The van der Waals surface area contributed by atoms with Crippen LogP contribution in [0.2, 0.25) is 0 Å². The Bertz CT molecular complexity index is 730. The second-order valence-electron chi connectivity index (χ2n) is 6.39. The van der Waals surface area contributed by atoms with Gasteiger partial charge in [-0.15, -0.1) is 0 Å². The lowest BCUT2D eigenvalue weighted by Gasteiger charge is -2.27.